The van der Waals surface area contributed by atoms with Crippen molar-refractivity contribution in [3.05, 3.63) is 38.2 Å². The molecule has 3 nitrogen and oxygen atoms in total. The van der Waals surface area contributed by atoms with Crippen LogP contribution in [0.3, 0.4) is 0 Å². The summed E-state index contributed by atoms with van der Waals surface area (Å²) < 4.78 is 0. The summed E-state index contributed by atoms with van der Waals surface area (Å²) in [7, 11) is 10.5. The maximum atomic E-state index is 3.50. The molecule has 0 saturated heterocycles. The monoisotopic (exact) mass is 337 g/mol. The van der Waals surface area contributed by atoms with Crippen LogP contribution in [0.5, 0.6) is 0 Å². The first-order valence-electron chi connectivity index (χ1n) is 5.18. The first-order valence-corrected chi connectivity index (χ1v) is 5.18. The molecule has 4 heteroatoms. The van der Waals surface area contributed by atoms with Gasteiger partial charge in [-0.15, -0.1) is 0 Å². The fraction of sp³-hybridized carbons (Fsp3) is 0.786. The second-order valence-electron chi connectivity index (χ2n) is 3.11. The molecule has 0 aliphatic heterocycles. The quantitative estimate of drug-likeness (QED) is 0.548. The molecular weight excluding hydrogens is 301 g/mol. The Labute approximate surface area is 138 Å². The fourth-order valence-electron chi connectivity index (χ4n) is 0.884. The maximum Gasteiger partial charge on any atom is 0 e. The molecule has 0 aromatic heterocycles. The van der Waals surface area contributed by atoms with E-state index in [2.05, 4.69) is 16.0 Å². The summed E-state index contributed by atoms with van der Waals surface area (Å²) in [5.41, 5.74) is 0. The fourth-order valence-corrected chi connectivity index (χ4v) is 0.884. The molecule has 1 saturated carbocycles. The van der Waals surface area contributed by atoms with E-state index in [1.807, 2.05) is 0 Å². The molecule has 0 spiro atoms. The third kappa shape index (κ3) is 125. The molecule has 1 rings (SSSR count). The molecule has 0 aromatic rings. The van der Waals surface area contributed by atoms with Gasteiger partial charge in [0.1, 0.15) is 0 Å². The van der Waals surface area contributed by atoms with Crippen molar-refractivity contribution in [2.24, 2.45) is 0 Å². The van der Waals surface area contributed by atoms with Gasteiger partial charge in [-0.05, 0) is 0 Å². The van der Waals surface area contributed by atoms with Crippen molar-refractivity contribution in [1.29, 1.82) is 0 Å². The van der Waals surface area contributed by atoms with Gasteiger partial charge in [-0.25, -0.2) is 0 Å². The summed E-state index contributed by atoms with van der Waals surface area (Å²) in [5, 5.41) is 10.5. The number of hydrogen-bond acceptors (Lipinski definition) is 0. The molecule has 0 aromatic carbocycles. The van der Waals surface area contributed by atoms with Crippen LogP contribution < -0.4 is 0 Å². The predicted octanol–water partition coefficient (Wildman–Crippen LogP) is 5.16. The average Bonchev–Trinajstić information content (AvgIpc) is 2.63. The normalized spacial score (nSPS) is 9.67. The molecular formula is C14H37N3Zr-6. The summed E-state index contributed by atoms with van der Waals surface area (Å²) >= 11 is 0. The SMILES string of the molecule is C1CCCC1.C[N-]C.C[N-]C.C[N-]C.[CH3-].[CH3-].[CH3-].[Zr]. The van der Waals surface area contributed by atoms with E-state index in [4.69, 9.17) is 0 Å². The first-order chi connectivity index (χ1) is 6.74. The van der Waals surface area contributed by atoms with Crippen LogP contribution >= 0.6 is 0 Å². The van der Waals surface area contributed by atoms with Gasteiger partial charge in [0.25, 0.3) is 0 Å². The Hall–Kier alpha value is 0.763. The standard InChI is InChI=1S/C5H10.3C2H6N.3CH3.Zr/c1-2-4-5-3-1;3*1-3-2;;;;/h1-5H2;3*1-2H3;3*1H3;/q;6*-1;. The maximum absolute atomic E-state index is 3.50. The van der Waals surface area contributed by atoms with E-state index in [0.29, 0.717) is 0 Å². The van der Waals surface area contributed by atoms with Crippen LogP contribution in [0, 0.1) is 22.3 Å². The van der Waals surface area contributed by atoms with Gasteiger partial charge >= 0.3 is 0 Å². The van der Waals surface area contributed by atoms with E-state index in [1.54, 1.807) is 42.3 Å². The van der Waals surface area contributed by atoms with E-state index >= 15 is 0 Å². The summed E-state index contributed by atoms with van der Waals surface area (Å²) in [5.74, 6) is 0. The van der Waals surface area contributed by atoms with Crippen LogP contribution in [0.1, 0.15) is 32.1 Å². The third-order valence-corrected chi connectivity index (χ3v) is 1.25. The molecule has 0 radical (unpaired) electrons. The first kappa shape index (κ1) is 42.8. The molecule has 0 bridgehead atoms. The zero-order valence-corrected chi connectivity index (χ0v) is 16.8. The van der Waals surface area contributed by atoms with Crippen molar-refractivity contribution in [3.8, 4) is 0 Å². The summed E-state index contributed by atoms with van der Waals surface area (Å²) in [6.45, 7) is 0. The Morgan fingerprint density at radius 3 is 0.556 bits per heavy atom. The Morgan fingerprint density at radius 2 is 0.500 bits per heavy atom. The Kier molecular flexibility index (Phi) is 155. The van der Waals surface area contributed by atoms with Gasteiger partial charge < -0.3 is 38.2 Å². The van der Waals surface area contributed by atoms with Gasteiger partial charge in [0, 0.05) is 26.2 Å². The van der Waals surface area contributed by atoms with Crippen molar-refractivity contribution in [1.82, 2.24) is 0 Å². The van der Waals surface area contributed by atoms with E-state index in [1.165, 1.54) is 32.1 Å². The van der Waals surface area contributed by atoms with Crippen LogP contribution in [0.15, 0.2) is 0 Å². The van der Waals surface area contributed by atoms with Gasteiger partial charge in [0.2, 0.25) is 0 Å². The number of rotatable bonds is 0. The molecule has 0 atom stereocenters. The van der Waals surface area contributed by atoms with E-state index < -0.39 is 0 Å². The van der Waals surface area contributed by atoms with E-state index in [9.17, 15) is 0 Å². The Morgan fingerprint density at radius 1 is 0.444 bits per heavy atom. The largest absolute Gasteiger partial charge is 0.668 e. The van der Waals surface area contributed by atoms with Crippen LogP contribution in [0.4, 0.5) is 0 Å². The van der Waals surface area contributed by atoms with E-state index in [0.717, 1.165) is 0 Å². The topological polar surface area (TPSA) is 42.3 Å². The summed E-state index contributed by atoms with van der Waals surface area (Å²) in [6, 6.07) is 0. The van der Waals surface area contributed by atoms with Crippen molar-refractivity contribution in [2.45, 2.75) is 32.1 Å². The molecule has 118 valence electrons. The zero-order chi connectivity index (χ0) is 11.7. The van der Waals surface area contributed by atoms with Gasteiger partial charge in [0.05, 0.1) is 0 Å². The van der Waals surface area contributed by atoms with Gasteiger partial charge in [-0.3, -0.25) is 0 Å². The molecule has 0 unspecified atom stereocenters. The van der Waals surface area contributed by atoms with Crippen molar-refractivity contribution >= 4 is 0 Å². The van der Waals surface area contributed by atoms with Crippen LogP contribution in [-0.4, -0.2) is 42.3 Å². The van der Waals surface area contributed by atoms with Crippen LogP contribution in [0.25, 0.3) is 16.0 Å². The Balaban J connectivity index is -0.0000000173. The second-order valence-corrected chi connectivity index (χ2v) is 3.11. The summed E-state index contributed by atoms with van der Waals surface area (Å²) in [6.07, 6.45) is 7.50. The molecule has 1 fully saturated rings. The second kappa shape index (κ2) is 65.0. The minimum absolute atomic E-state index is 0. The van der Waals surface area contributed by atoms with Crippen LogP contribution in [-0.2, 0) is 26.2 Å². The average molecular weight is 339 g/mol. The molecule has 0 heterocycles. The zero-order valence-electron chi connectivity index (χ0n) is 14.4. The van der Waals surface area contributed by atoms with Crippen molar-refractivity contribution < 1.29 is 26.2 Å². The Bertz CT molecular complexity index is 48.6. The van der Waals surface area contributed by atoms with Gasteiger partial charge in [-0.1, -0.05) is 32.1 Å². The third-order valence-electron chi connectivity index (χ3n) is 1.25. The smallest absolute Gasteiger partial charge is 0 e. The number of hydrogen-bond donors (Lipinski definition) is 0. The van der Waals surface area contributed by atoms with Crippen molar-refractivity contribution in [2.75, 3.05) is 42.3 Å². The molecule has 18 heavy (non-hydrogen) atoms. The summed E-state index contributed by atoms with van der Waals surface area (Å²) in [4.78, 5) is 0. The molecule has 0 amide bonds. The minimum Gasteiger partial charge on any atom is -0.668 e. The van der Waals surface area contributed by atoms with E-state index in [-0.39, 0.29) is 48.5 Å². The van der Waals surface area contributed by atoms with Gasteiger partial charge in [0.15, 0.2) is 0 Å². The molecule has 1 aliphatic rings. The van der Waals surface area contributed by atoms with Gasteiger partial charge in [-0.2, -0.15) is 42.3 Å². The van der Waals surface area contributed by atoms with Crippen LogP contribution in [0.2, 0.25) is 0 Å². The number of nitrogens with zero attached hydrogens (tertiary/aromatic N) is 3. The van der Waals surface area contributed by atoms with Crippen molar-refractivity contribution in [3.63, 3.8) is 0 Å². The minimum atomic E-state index is 0. The molecule has 0 N–H and O–H groups in total. The molecule has 1 aliphatic carbocycles. The predicted molar refractivity (Wildman–Crippen MR) is 87.9 cm³/mol.